The van der Waals surface area contributed by atoms with Crippen molar-refractivity contribution >= 4 is 28.5 Å². The zero-order chi connectivity index (χ0) is 27.4. The second-order valence-electron chi connectivity index (χ2n) is 11.0. The highest BCUT2D eigenvalue weighted by Gasteiger charge is 2.26. The number of carbonyl (C=O) groups excluding carboxylic acids is 1. The zero-order valence-electron chi connectivity index (χ0n) is 23.1. The van der Waals surface area contributed by atoms with Crippen LogP contribution in [0.5, 0.6) is 11.5 Å². The number of hydrogen-bond acceptors (Lipinski definition) is 10. The minimum absolute atomic E-state index is 0.0781. The summed E-state index contributed by atoms with van der Waals surface area (Å²) < 4.78 is 23.0. The highest BCUT2D eigenvalue weighted by Crippen LogP contribution is 2.34. The molecule has 2 aromatic heterocycles. The van der Waals surface area contributed by atoms with Crippen molar-refractivity contribution in [2.45, 2.75) is 64.2 Å². The fourth-order valence-electron chi connectivity index (χ4n) is 5.04. The van der Waals surface area contributed by atoms with Gasteiger partial charge in [-0.25, -0.2) is 14.8 Å². The number of anilines is 2. The predicted molar refractivity (Wildman–Crippen MR) is 149 cm³/mol. The number of nitrogens with one attached hydrogen (secondary N) is 1. The molecule has 208 valence electrons. The number of benzene rings is 1. The molecule has 0 amide bonds. The van der Waals surface area contributed by atoms with Crippen LogP contribution in [0.4, 0.5) is 11.5 Å². The molecule has 39 heavy (non-hydrogen) atoms. The molecular weight excluding hydrogens is 498 g/mol. The number of aromatic nitrogens is 3. The normalized spacial score (nSPS) is 19.9. The molecule has 1 aromatic carbocycles. The van der Waals surface area contributed by atoms with Crippen LogP contribution >= 0.6 is 0 Å². The number of hydrogen-bond donors (Lipinski definition) is 1. The van der Waals surface area contributed by atoms with Gasteiger partial charge in [0.1, 0.15) is 28.2 Å². The fraction of sp³-hybridized carbons (Fsp3) is 0.517. The Labute approximate surface area is 229 Å². The van der Waals surface area contributed by atoms with Gasteiger partial charge in [0, 0.05) is 43.3 Å². The summed E-state index contributed by atoms with van der Waals surface area (Å²) in [6.07, 6.45) is 8.68. The maximum atomic E-state index is 12.4. The first kappa shape index (κ1) is 26.9. The number of esters is 1. The van der Waals surface area contributed by atoms with Crippen molar-refractivity contribution in [2.24, 2.45) is 0 Å². The molecule has 2 aliphatic rings. The van der Waals surface area contributed by atoms with Gasteiger partial charge in [-0.3, -0.25) is 4.98 Å². The summed E-state index contributed by atoms with van der Waals surface area (Å²) in [6.45, 7) is 8.90. The lowest BCUT2D eigenvalue weighted by Crippen LogP contribution is -2.36. The van der Waals surface area contributed by atoms with E-state index in [1.54, 1.807) is 24.7 Å². The van der Waals surface area contributed by atoms with Crippen LogP contribution in [0.3, 0.4) is 0 Å². The average Bonchev–Trinajstić information content (AvgIpc) is 2.94. The molecule has 0 atom stereocenters. The Kier molecular flexibility index (Phi) is 8.02. The van der Waals surface area contributed by atoms with E-state index in [4.69, 9.17) is 18.9 Å². The van der Waals surface area contributed by atoms with E-state index in [0.717, 1.165) is 61.2 Å². The minimum atomic E-state index is -0.462. The van der Waals surface area contributed by atoms with Crippen LogP contribution in [0.25, 0.3) is 11.0 Å². The molecule has 0 spiro atoms. The van der Waals surface area contributed by atoms with E-state index < -0.39 is 11.6 Å². The molecule has 10 heteroatoms. The second-order valence-corrected chi connectivity index (χ2v) is 11.0. The van der Waals surface area contributed by atoms with Gasteiger partial charge < -0.3 is 29.2 Å². The largest absolute Gasteiger partial charge is 0.488 e. The van der Waals surface area contributed by atoms with Crippen molar-refractivity contribution in [2.75, 3.05) is 43.6 Å². The summed E-state index contributed by atoms with van der Waals surface area (Å²) in [4.78, 5) is 28.3. The minimum Gasteiger partial charge on any atom is -0.488 e. The molecule has 0 radical (unpaired) electrons. The second kappa shape index (κ2) is 11.6. The SMILES string of the molecule is COC(=O)c1cc(NC2CCC(Oc3cc(N4CCOCC4)cc4nccnc34)CC2)ncc1OC(C)(C)C. The molecule has 10 nitrogen and oxygen atoms in total. The van der Waals surface area contributed by atoms with E-state index in [0.29, 0.717) is 30.3 Å². The quantitative estimate of drug-likeness (QED) is 0.430. The summed E-state index contributed by atoms with van der Waals surface area (Å²) in [5.74, 6) is 1.36. The first-order valence-electron chi connectivity index (χ1n) is 13.6. The average molecular weight is 536 g/mol. The number of rotatable bonds is 7. The van der Waals surface area contributed by atoms with Crippen LogP contribution < -0.4 is 19.7 Å². The van der Waals surface area contributed by atoms with Crippen LogP contribution in [-0.2, 0) is 9.47 Å². The Bertz CT molecular complexity index is 1300. The number of methoxy groups -OCH3 is 1. The van der Waals surface area contributed by atoms with Gasteiger partial charge in [0.15, 0.2) is 5.75 Å². The molecule has 0 bridgehead atoms. The van der Waals surface area contributed by atoms with Gasteiger partial charge in [-0.15, -0.1) is 0 Å². The van der Waals surface area contributed by atoms with Crippen molar-refractivity contribution in [3.63, 3.8) is 0 Å². The lowest BCUT2D eigenvalue weighted by Gasteiger charge is -2.31. The fourth-order valence-corrected chi connectivity index (χ4v) is 5.04. The maximum Gasteiger partial charge on any atom is 0.341 e. The smallest absolute Gasteiger partial charge is 0.341 e. The van der Waals surface area contributed by atoms with Crippen LogP contribution in [0.1, 0.15) is 56.8 Å². The van der Waals surface area contributed by atoms with E-state index in [2.05, 4.69) is 37.3 Å². The van der Waals surface area contributed by atoms with Gasteiger partial charge in [0.05, 0.1) is 38.1 Å². The number of nitrogens with zero attached hydrogens (tertiary/aromatic N) is 4. The van der Waals surface area contributed by atoms with Crippen LogP contribution in [0, 0.1) is 0 Å². The zero-order valence-corrected chi connectivity index (χ0v) is 23.1. The molecule has 3 aromatic rings. The third-order valence-electron chi connectivity index (χ3n) is 6.91. The first-order chi connectivity index (χ1) is 18.8. The van der Waals surface area contributed by atoms with Gasteiger partial charge >= 0.3 is 5.97 Å². The van der Waals surface area contributed by atoms with Crippen LogP contribution in [0.2, 0.25) is 0 Å². The van der Waals surface area contributed by atoms with Crippen molar-refractivity contribution in [1.29, 1.82) is 0 Å². The summed E-state index contributed by atoms with van der Waals surface area (Å²) >= 11 is 0. The van der Waals surface area contributed by atoms with Gasteiger partial charge in [-0.1, -0.05) is 0 Å². The van der Waals surface area contributed by atoms with Crippen LogP contribution in [-0.4, -0.2) is 72.1 Å². The number of morpholine rings is 1. The summed E-state index contributed by atoms with van der Waals surface area (Å²) in [5, 5.41) is 3.49. The molecule has 5 rings (SSSR count). The van der Waals surface area contributed by atoms with Crippen molar-refractivity contribution in [3.8, 4) is 11.5 Å². The molecule has 2 fully saturated rings. The molecule has 1 saturated heterocycles. The lowest BCUT2D eigenvalue weighted by molar-refractivity contribution is 0.0586. The van der Waals surface area contributed by atoms with Crippen molar-refractivity contribution in [3.05, 3.63) is 42.4 Å². The van der Waals surface area contributed by atoms with E-state index >= 15 is 0 Å². The van der Waals surface area contributed by atoms with Gasteiger partial charge in [-0.2, -0.15) is 0 Å². The molecule has 1 N–H and O–H groups in total. The maximum absolute atomic E-state index is 12.4. The molecule has 3 heterocycles. The number of fused-ring (bicyclic) bond motifs is 1. The first-order valence-corrected chi connectivity index (χ1v) is 13.6. The number of carbonyl (C=O) groups is 1. The van der Waals surface area contributed by atoms with Crippen molar-refractivity contribution in [1.82, 2.24) is 15.0 Å². The standard InChI is InChI=1S/C29H37N5O5/c1-29(2,3)39-25-18-32-26(17-22(25)28(35)36-4)33-19-5-7-21(8-6-19)38-24-16-20(34-11-13-37-14-12-34)15-23-27(24)31-10-9-30-23/h9-10,15-19,21H,5-8,11-14H2,1-4H3,(H,32,33). The highest BCUT2D eigenvalue weighted by atomic mass is 16.5. The van der Waals surface area contributed by atoms with Gasteiger partial charge in [0.2, 0.25) is 0 Å². The van der Waals surface area contributed by atoms with E-state index in [1.165, 1.54) is 7.11 Å². The van der Waals surface area contributed by atoms with E-state index in [9.17, 15) is 4.79 Å². The summed E-state index contributed by atoms with van der Waals surface area (Å²) in [5.41, 5.74) is 2.60. The Morgan fingerprint density at radius 1 is 1.00 bits per heavy atom. The Morgan fingerprint density at radius 2 is 1.74 bits per heavy atom. The van der Waals surface area contributed by atoms with Crippen LogP contribution in [0.15, 0.2) is 36.8 Å². The number of ether oxygens (including phenoxy) is 4. The van der Waals surface area contributed by atoms with E-state index in [1.807, 2.05) is 20.8 Å². The molecule has 1 aliphatic carbocycles. The molecule has 1 saturated carbocycles. The van der Waals surface area contributed by atoms with Crippen molar-refractivity contribution < 1.29 is 23.7 Å². The summed E-state index contributed by atoms with van der Waals surface area (Å²) in [7, 11) is 1.36. The topological polar surface area (TPSA) is 108 Å². The monoisotopic (exact) mass is 535 g/mol. The predicted octanol–water partition coefficient (Wildman–Crippen LogP) is 4.63. The third-order valence-corrected chi connectivity index (χ3v) is 6.91. The van der Waals surface area contributed by atoms with E-state index in [-0.39, 0.29) is 12.1 Å². The lowest BCUT2D eigenvalue weighted by atomic mass is 9.93. The van der Waals surface area contributed by atoms with Gasteiger partial charge in [-0.05, 0) is 58.6 Å². The Morgan fingerprint density at radius 3 is 2.46 bits per heavy atom. The molecule has 1 aliphatic heterocycles. The Balaban J connectivity index is 1.25. The molecule has 0 unspecified atom stereocenters. The molecular formula is C29H37N5O5. The van der Waals surface area contributed by atoms with Gasteiger partial charge in [0.25, 0.3) is 0 Å². The third kappa shape index (κ3) is 6.68. The summed E-state index contributed by atoms with van der Waals surface area (Å²) in [6, 6.07) is 6.09. The highest BCUT2D eigenvalue weighted by molar-refractivity contribution is 5.93. The Hall–Kier alpha value is -3.66. The number of pyridine rings is 1.